The van der Waals surface area contributed by atoms with Crippen molar-refractivity contribution in [2.45, 2.75) is 25.9 Å². The number of amides is 1. The van der Waals surface area contributed by atoms with E-state index in [2.05, 4.69) is 46.7 Å². The molecule has 1 aromatic rings. The fourth-order valence-electron chi connectivity index (χ4n) is 2.38. The highest BCUT2D eigenvalue weighted by Gasteiger charge is 2.22. The van der Waals surface area contributed by atoms with Crippen molar-refractivity contribution in [3.8, 4) is 0 Å². The van der Waals surface area contributed by atoms with Crippen LogP contribution in [0.15, 0.2) is 24.3 Å². The summed E-state index contributed by atoms with van der Waals surface area (Å²) in [6, 6.07) is 8.79. The lowest BCUT2D eigenvalue weighted by Crippen LogP contribution is -2.37. The van der Waals surface area contributed by atoms with Gasteiger partial charge in [0.2, 0.25) is 5.91 Å². The Kier molecular flexibility index (Phi) is 4.93. The van der Waals surface area contributed by atoms with Gasteiger partial charge >= 0.3 is 0 Å². The first-order valence-corrected chi connectivity index (χ1v) is 6.89. The Morgan fingerprint density at radius 2 is 2.11 bits per heavy atom. The second-order valence-corrected chi connectivity index (χ2v) is 5.27. The molecule has 0 bridgehead atoms. The zero-order valence-electron chi connectivity index (χ0n) is 11.8. The molecular weight excluding hydrogens is 238 g/mol. The molecule has 0 saturated carbocycles. The van der Waals surface area contributed by atoms with E-state index in [0.717, 1.165) is 25.1 Å². The number of carbonyl (C=O) groups is 1. The summed E-state index contributed by atoms with van der Waals surface area (Å²) in [4.78, 5) is 14.1. The molecule has 1 saturated heterocycles. The van der Waals surface area contributed by atoms with E-state index in [1.165, 1.54) is 5.56 Å². The molecule has 1 aliphatic heterocycles. The summed E-state index contributed by atoms with van der Waals surface area (Å²) in [5, 5.41) is 6.23. The maximum Gasteiger partial charge on any atom is 0.234 e. The van der Waals surface area contributed by atoms with Gasteiger partial charge in [0.1, 0.15) is 0 Å². The predicted molar refractivity (Wildman–Crippen MR) is 76.9 cm³/mol. The topological polar surface area (TPSA) is 44.4 Å². The summed E-state index contributed by atoms with van der Waals surface area (Å²) >= 11 is 0. The molecule has 4 heteroatoms. The van der Waals surface area contributed by atoms with Crippen LogP contribution in [-0.4, -0.2) is 43.5 Å². The number of nitrogens with zero attached hydrogens (tertiary/aromatic N) is 1. The van der Waals surface area contributed by atoms with E-state index in [-0.39, 0.29) is 5.91 Å². The normalized spacial score (nSPS) is 19.6. The van der Waals surface area contributed by atoms with E-state index in [4.69, 9.17) is 0 Å². The molecule has 1 unspecified atom stereocenters. The zero-order valence-corrected chi connectivity index (χ0v) is 11.8. The molecule has 0 aliphatic carbocycles. The van der Waals surface area contributed by atoms with Gasteiger partial charge in [-0.05, 0) is 26.0 Å². The minimum Gasteiger partial charge on any atom is -0.351 e. The van der Waals surface area contributed by atoms with Crippen LogP contribution >= 0.6 is 0 Å². The monoisotopic (exact) mass is 261 g/mol. The van der Waals surface area contributed by atoms with Gasteiger partial charge in [0.05, 0.1) is 6.54 Å². The Balaban J connectivity index is 1.71. The van der Waals surface area contributed by atoms with Gasteiger partial charge in [-0.15, -0.1) is 0 Å². The quantitative estimate of drug-likeness (QED) is 0.828. The van der Waals surface area contributed by atoms with Crippen LogP contribution in [-0.2, 0) is 11.3 Å². The van der Waals surface area contributed by atoms with E-state index in [0.29, 0.717) is 19.1 Å². The highest BCUT2D eigenvalue weighted by molar-refractivity contribution is 5.78. The molecule has 19 heavy (non-hydrogen) atoms. The summed E-state index contributed by atoms with van der Waals surface area (Å²) in [7, 11) is 1.98. The number of rotatable bonds is 5. The molecule has 2 rings (SSSR count). The van der Waals surface area contributed by atoms with Gasteiger partial charge in [0.15, 0.2) is 0 Å². The van der Waals surface area contributed by atoms with Crippen molar-refractivity contribution in [3.05, 3.63) is 35.4 Å². The fraction of sp³-hybridized carbons (Fsp3) is 0.533. The molecule has 1 aromatic carbocycles. The van der Waals surface area contributed by atoms with Crippen LogP contribution < -0.4 is 10.6 Å². The van der Waals surface area contributed by atoms with Gasteiger partial charge in [-0.1, -0.05) is 29.8 Å². The van der Waals surface area contributed by atoms with Crippen molar-refractivity contribution in [2.24, 2.45) is 0 Å². The largest absolute Gasteiger partial charge is 0.351 e. The van der Waals surface area contributed by atoms with Gasteiger partial charge < -0.3 is 10.6 Å². The summed E-state index contributed by atoms with van der Waals surface area (Å²) in [5.41, 5.74) is 2.39. The average molecular weight is 261 g/mol. The summed E-state index contributed by atoms with van der Waals surface area (Å²) in [5.74, 6) is 0.109. The molecule has 1 fully saturated rings. The van der Waals surface area contributed by atoms with Gasteiger partial charge in [-0.25, -0.2) is 0 Å². The van der Waals surface area contributed by atoms with Crippen LogP contribution in [0.4, 0.5) is 0 Å². The third-order valence-corrected chi connectivity index (χ3v) is 3.66. The molecule has 1 atom stereocenters. The van der Waals surface area contributed by atoms with Crippen molar-refractivity contribution < 1.29 is 4.79 Å². The van der Waals surface area contributed by atoms with Crippen molar-refractivity contribution in [1.82, 2.24) is 15.5 Å². The van der Waals surface area contributed by atoms with E-state index >= 15 is 0 Å². The van der Waals surface area contributed by atoms with Crippen molar-refractivity contribution >= 4 is 5.91 Å². The molecule has 4 nitrogen and oxygen atoms in total. The van der Waals surface area contributed by atoms with Gasteiger partial charge in [0.25, 0.3) is 0 Å². The molecule has 2 N–H and O–H groups in total. The predicted octanol–water partition coefficient (Wildman–Crippen LogP) is 0.905. The minimum atomic E-state index is 0.109. The maximum atomic E-state index is 11.9. The lowest BCUT2D eigenvalue weighted by Gasteiger charge is -2.15. The first-order chi connectivity index (χ1) is 9.17. The van der Waals surface area contributed by atoms with E-state index < -0.39 is 0 Å². The first-order valence-electron chi connectivity index (χ1n) is 6.89. The number of carbonyl (C=O) groups excluding carboxylic acids is 1. The van der Waals surface area contributed by atoms with Gasteiger partial charge in [-0.2, -0.15) is 0 Å². The van der Waals surface area contributed by atoms with Crippen LogP contribution in [0.3, 0.4) is 0 Å². The number of nitrogens with one attached hydrogen (secondary N) is 2. The van der Waals surface area contributed by atoms with Crippen LogP contribution in [0.5, 0.6) is 0 Å². The Morgan fingerprint density at radius 1 is 1.37 bits per heavy atom. The number of hydrogen-bond acceptors (Lipinski definition) is 3. The SMILES string of the molecule is CNC1CCN(CC(=O)NCc2ccc(C)cc2)C1. The highest BCUT2D eigenvalue weighted by Crippen LogP contribution is 2.08. The van der Waals surface area contributed by atoms with Crippen molar-refractivity contribution in [2.75, 3.05) is 26.7 Å². The molecule has 1 aliphatic rings. The summed E-state index contributed by atoms with van der Waals surface area (Å²) in [6.45, 7) is 5.15. The summed E-state index contributed by atoms with van der Waals surface area (Å²) < 4.78 is 0. The average Bonchev–Trinajstić information content (AvgIpc) is 2.86. The Morgan fingerprint density at radius 3 is 2.74 bits per heavy atom. The fourth-order valence-corrected chi connectivity index (χ4v) is 2.38. The minimum absolute atomic E-state index is 0.109. The van der Waals surface area contributed by atoms with Crippen LogP contribution in [0, 0.1) is 6.92 Å². The molecule has 0 aromatic heterocycles. The van der Waals surface area contributed by atoms with Gasteiger partial charge in [-0.3, -0.25) is 9.69 Å². The lowest BCUT2D eigenvalue weighted by molar-refractivity contribution is -0.122. The van der Waals surface area contributed by atoms with Crippen LogP contribution in [0.1, 0.15) is 17.5 Å². The number of likely N-dealkylation sites (N-methyl/N-ethyl adjacent to an activating group) is 1. The third-order valence-electron chi connectivity index (χ3n) is 3.66. The number of hydrogen-bond donors (Lipinski definition) is 2. The standard InChI is InChI=1S/C15H23N3O/c1-12-3-5-13(6-4-12)9-17-15(19)11-18-8-7-14(10-18)16-2/h3-6,14,16H,7-11H2,1-2H3,(H,17,19). The van der Waals surface area contributed by atoms with E-state index in [9.17, 15) is 4.79 Å². The zero-order chi connectivity index (χ0) is 13.7. The molecular formula is C15H23N3O. The highest BCUT2D eigenvalue weighted by atomic mass is 16.2. The second kappa shape index (κ2) is 6.68. The molecule has 1 heterocycles. The van der Waals surface area contributed by atoms with Gasteiger partial charge in [0, 0.05) is 25.7 Å². The van der Waals surface area contributed by atoms with Crippen LogP contribution in [0.2, 0.25) is 0 Å². The van der Waals surface area contributed by atoms with Crippen molar-refractivity contribution in [1.29, 1.82) is 0 Å². The maximum absolute atomic E-state index is 11.9. The third kappa shape index (κ3) is 4.33. The molecule has 104 valence electrons. The Labute approximate surface area is 115 Å². The number of benzene rings is 1. The number of likely N-dealkylation sites (tertiary alicyclic amines) is 1. The molecule has 0 radical (unpaired) electrons. The molecule has 0 spiro atoms. The Hall–Kier alpha value is -1.39. The van der Waals surface area contributed by atoms with E-state index in [1.807, 2.05) is 7.05 Å². The number of aryl methyl sites for hydroxylation is 1. The van der Waals surface area contributed by atoms with E-state index in [1.54, 1.807) is 0 Å². The second-order valence-electron chi connectivity index (χ2n) is 5.27. The van der Waals surface area contributed by atoms with Crippen molar-refractivity contribution in [3.63, 3.8) is 0 Å². The summed E-state index contributed by atoms with van der Waals surface area (Å²) in [6.07, 6.45) is 1.13. The Bertz CT molecular complexity index is 416. The van der Waals surface area contributed by atoms with Crippen LogP contribution in [0.25, 0.3) is 0 Å². The first kappa shape index (κ1) is 14.0. The molecule has 1 amide bonds. The smallest absolute Gasteiger partial charge is 0.234 e. The lowest BCUT2D eigenvalue weighted by atomic mass is 10.1.